The van der Waals surface area contributed by atoms with E-state index in [1.165, 1.54) is 12.1 Å². The highest BCUT2D eigenvalue weighted by molar-refractivity contribution is 5.99. The second-order valence-corrected chi connectivity index (χ2v) is 3.15. The van der Waals surface area contributed by atoms with Crippen LogP contribution in [0.1, 0.15) is 24.2 Å². The molecule has 3 heteroatoms. The lowest BCUT2D eigenvalue weighted by molar-refractivity contribution is 0.0951. The van der Waals surface area contributed by atoms with E-state index in [9.17, 15) is 9.18 Å². The Kier molecular flexibility index (Phi) is 3.77. The van der Waals surface area contributed by atoms with Crippen LogP contribution >= 0.6 is 0 Å². The van der Waals surface area contributed by atoms with Crippen LogP contribution in [0.3, 0.4) is 0 Å². The molecular weight excluding hydrogens is 181 g/mol. The minimum Gasteiger partial charge on any atom is -0.308 e. The van der Waals surface area contributed by atoms with E-state index < -0.39 is 0 Å². The van der Waals surface area contributed by atoms with Gasteiger partial charge in [0.1, 0.15) is 5.82 Å². The summed E-state index contributed by atoms with van der Waals surface area (Å²) in [6, 6.07) is 5.49. The third kappa shape index (κ3) is 2.64. The number of carbonyl (C=O) groups excluding carboxylic acids is 1. The van der Waals surface area contributed by atoms with E-state index >= 15 is 0 Å². The molecule has 0 aliphatic heterocycles. The molecule has 1 aromatic rings. The fraction of sp³-hybridized carbons (Fsp3) is 0.364. The van der Waals surface area contributed by atoms with Crippen LogP contribution in [-0.2, 0) is 0 Å². The first-order chi connectivity index (χ1) is 6.65. The second kappa shape index (κ2) is 4.86. The van der Waals surface area contributed by atoms with E-state index in [-0.39, 0.29) is 17.6 Å². The predicted octanol–water partition coefficient (Wildman–Crippen LogP) is 2.01. The average molecular weight is 195 g/mol. The Morgan fingerprint density at radius 1 is 1.57 bits per heavy atom. The minimum absolute atomic E-state index is 0.0775. The molecule has 0 amide bonds. The minimum atomic E-state index is -0.375. The molecule has 76 valence electrons. The van der Waals surface area contributed by atoms with Crippen LogP contribution in [0.15, 0.2) is 24.3 Å². The molecule has 0 radical (unpaired) electrons. The van der Waals surface area contributed by atoms with Gasteiger partial charge in [-0.1, -0.05) is 19.1 Å². The second-order valence-electron chi connectivity index (χ2n) is 3.15. The molecule has 1 aromatic carbocycles. The van der Waals surface area contributed by atoms with Crippen LogP contribution in [0.5, 0.6) is 0 Å². The lowest BCUT2D eigenvalue weighted by atomic mass is 10.1. The third-order valence-electron chi connectivity index (χ3n) is 2.01. The Bertz CT molecular complexity index is 325. The Balaban J connectivity index is 2.78. The van der Waals surface area contributed by atoms with Gasteiger partial charge in [-0.25, -0.2) is 4.39 Å². The quantitative estimate of drug-likeness (QED) is 0.744. The summed E-state index contributed by atoms with van der Waals surface area (Å²) in [5, 5.41) is 2.99. The molecule has 0 saturated carbocycles. The van der Waals surface area contributed by atoms with E-state index in [4.69, 9.17) is 0 Å². The zero-order chi connectivity index (χ0) is 10.6. The lowest BCUT2D eigenvalue weighted by Crippen LogP contribution is -2.33. The van der Waals surface area contributed by atoms with Crippen molar-refractivity contribution >= 4 is 5.78 Å². The molecule has 0 bridgehead atoms. The molecule has 1 rings (SSSR count). The summed E-state index contributed by atoms with van der Waals surface area (Å²) in [4.78, 5) is 11.7. The largest absolute Gasteiger partial charge is 0.308 e. The van der Waals surface area contributed by atoms with E-state index in [1.54, 1.807) is 19.1 Å². The Hall–Kier alpha value is -1.22. The molecule has 14 heavy (non-hydrogen) atoms. The first-order valence-corrected chi connectivity index (χ1v) is 4.68. The fourth-order valence-electron chi connectivity index (χ4n) is 1.29. The van der Waals surface area contributed by atoms with E-state index in [1.807, 2.05) is 6.92 Å². The lowest BCUT2D eigenvalue weighted by Gasteiger charge is -2.10. The standard InChI is InChI=1S/C11H14FNO/c1-3-13-8(2)11(14)9-5-4-6-10(12)7-9/h4-8,13H,3H2,1-2H3/t8-/m0/s1. The number of likely N-dealkylation sites (N-methyl/N-ethyl adjacent to an activating group) is 1. The summed E-state index contributed by atoms with van der Waals surface area (Å²) >= 11 is 0. The summed E-state index contributed by atoms with van der Waals surface area (Å²) in [7, 11) is 0. The fourth-order valence-corrected chi connectivity index (χ4v) is 1.29. The highest BCUT2D eigenvalue weighted by Crippen LogP contribution is 2.06. The van der Waals surface area contributed by atoms with Crippen LogP contribution < -0.4 is 5.32 Å². The molecule has 0 heterocycles. The molecule has 1 N–H and O–H groups in total. The first-order valence-electron chi connectivity index (χ1n) is 4.68. The van der Waals surface area contributed by atoms with Gasteiger partial charge < -0.3 is 5.32 Å². The summed E-state index contributed by atoms with van der Waals surface area (Å²) in [5.41, 5.74) is 0.415. The summed E-state index contributed by atoms with van der Waals surface area (Å²) in [6.45, 7) is 4.42. The maximum atomic E-state index is 12.8. The van der Waals surface area contributed by atoms with Crippen LogP contribution in [0.4, 0.5) is 4.39 Å². The number of Topliss-reactive ketones (excluding diaryl/α,β-unsaturated/α-hetero) is 1. The molecule has 0 aliphatic carbocycles. The number of carbonyl (C=O) groups is 1. The monoisotopic (exact) mass is 195 g/mol. The van der Waals surface area contributed by atoms with Crippen molar-refractivity contribution in [2.75, 3.05) is 6.54 Å². The zero-order valence-corrected chi connectivity index (χ0v) is 8.38. The van der Waals surface area contributed by atoms with Gasteiger partial charge in [0.2, 0.25) is 0 Å². The maximum absolute atomic E-state index is 12.8. The molecule has 0 aliphatic rings. The van der Waals surface area contributed by atoms with Crippen molar-refractivity contribution in [3.63, 3.8) is 0 Å². The van der Waals surface area contributed by atoms with Crippen LogP contribution in [0.2, 0.25) is 0 Å². The van der Waals surface area contributed by atoms with Crippen molar-refractivity contribution in [1.82, 2.24) is 5.32 Å². The molecule has 0 unspecified atom stereocenters. The van der Waals surface area contributed by atoms with E-state index in [0.29, 0.717) is 5.56 Å². The predicted molar refractivity (Wildman–Crippen MR) is 53.9 cm³/mol. The van der Waals surface area contributed by atoms with Gasteiger partial charge in [0.05, 0.1) is 6.04 Å². The van der Waals surface area contributed by atoms with Crippen LogP contribution in [0, 0.1) is 5.82 Å². The third-order valence-corrected chi connectivity index (χ3v) is 2.01. The molecule has 0 aromatic heterocycles. The number of benzene rings is 1. The zero-order valence-electron chi connectivity index (χ0n) is 8.38. The summed E-state index contributed by atoms with van der Waals surface area (Å²) < 4.78 is 12.8. The van der Waals surface area contributed by atoms with Crippen LogP contribution in [-0.4, -0.2) is 18.4 Å². The van der Waals surface area contributed by atoms with Gasteiger partial charge in [-0.3, -0.25) is 4.79 Å². The Morgan fingerprint density at radius 2 is 2.29 bits per heavy atom. The topological polar surface area (TPSA) is 29.1 Å². The number of halogens is 1. The number of hydrogen-bond donors (Lipinski definition) is 1. The molecule has 0 saturated heterocycles. The maximum Gasteiger partial charge on any atom is 0.179 e. The van der Waals surface area contributed by atoms with Gasteiger partial charge >= 0.3 is 0 Å². The van der Waals surface area contributed by atoms with Gasteiger partial charge in [-0.2, -0.15) is 0 Å². The van der Waals surface area contributed by atoms with Crippen molar-refractivity contribution in [3.05, 3.63) is 35.6 Å². The van der Waals surface area contributed by atoms with Gasteiger partial charge in [-0.05, 0) is 25.6 Å². The normalized spacial score (nSPS) is 12.5. The first kappa shape index (κ1) is 10.9. The summed E-state index contributed by atoms with van der Waals surface area (Å²) in [5.74, 6) is -0.453. The van der Waals surface area contributed by atoms with Crippen molar-refractivity contribution in [1.29, 1.82) is 0 Å². The highest BCUT2D eigenvalue weighted by atomic mass is 19.1. The number of hydrogen-bond acceptors (Lipinski definition) is 2. The van der Waals surface area contributed by atoms with Crippen molar-refractivity contribution in [3.8, 4) is 0 Å². The van der Waals surface area contributed by atoms with Gasteiger partial charge in [-0.15, -0.1) is 0 Å². The van der Waals surface area contributed by atoms with E-state index in [0.717, 1.165) is 6.54 Å². The molecule has 1 atom stereocenters. The van der Waals surface area contributed by atoms with Gasteiger partial charge in [0.25, 0.3) is 0 Å². The Labute approximate surface area is 83.1 Å². The van der Waals surface area contributed by atoms with Crippen molar-refractivity contribution in [2.24, 2.45) is 0 Å². The van der Waals surface area contributed by atoms with E-state index in [2.05, 4.69) is 5.32 Å². The molecular formula is C11H14FNO. The molecule has 0 fully saturated rings. The molecule has 2 nitrogen and oxygen atoms in total. The number of ketones is 1. The average Bonchev–Trinajstić information content (AvgIpc) is 2.17. The van der Waals surface area contributed by atoms with Crippen molar-refractivity contribution in [2.45, 2.75) is 19.9 Å². The number of rotatable bonds is 4. The smallest absolute Gasteiger partial charge is 0.179 e. The SMILES string of the molecule is CCN[C@@H](C)C(=O)c1cccc(F)c1. The van der Waals surface area contributed by atoms with Crippen molar-refractivity contribution < 1.29 is 9.18 Å². The van der Waals surface area contributed by atoms with Crippen LogP contribution in [0.25, 0.3) is 0 Å². The number of nitrogens with one attached hydrogen (secondary N) is 1. The highest BCUT2D eigenvalue weighted by Gasteiger charge is 2.13. The molecule has 0 spiro atoms. The van der Waals surface area contributed by atoms with Gasteiger partial charge in [0, 0.05) is 5.56 Å². The Morgan fingerprint density at radius 3 is 2.86 bits per heavy atom. The summed E-state index contributed by atoms with van der Waals surface area (Å²) in [6.07, 6.45) is 0. The van der Waals surface area contributed by atoms with Gasteiger partial charge in [0.15, 0.2) is 5.78 Å².